The fraction of sp³-hybridized carbons (Fsp3) is 0.296. The second-order valence-electron chi connectivity index (χ2n) is 9.73. The van der Waals surface area contributed by atoms with E-state index in [1.165, 1.54) is 46.7 Å². The van der Waals surface area contributed by atoms with Crippen LogP contribution in [0.1, 0.15) is 22.3 Å². The highest BCUT2D eigenvalue weighted by Crippen LogP contribution is 2.40. The van der Waals surface area contributed by atoms with Crippen LogP contribution in [0.5, 0.6) is 0 Å². The van der Waals surface area contributed by atoms with E-state index >= 15 is 0 Å². The van der Waals surface area contributed by atoms with Crippen LogP contribution in [0.15, 0.2) is 59.1 Å². The van der Waals surface area contributed by atoms with Crippen molar-refractivity contribution in [1.82, 2.24) is 20.1 Å². The standard InChI is InChI=1S/C27H27N7O5S3/c1-13-21(14(2)35)42-23(30-13)15-6-9-33(10-7-15)8-4-5-16-11-40-25-19(24(37)34(25)20(16)26(38)39)31-22(36)18(28)17-12-41-27(29)32(17)3/h4-7,9-10,12,19,25,27-28H,8,11,29H2,1-3H3,(H-,31,36,38,39)/p+1/b5-4+,28-18?/t19-,25-,27?/m1/s1. The molecule has 0 saturated carbocycles. The van der Waals surface area contributed by atoms with E-state index < -0.39 is 34.7 Å². The van der Waals surface area contributed by atoms with Gasteiger partial charge in [-0.15, -0.1) is 23.1 Å². The minimum atomic E-state index is -1.23. The number of hydrogen-bond donors (Lipinski definition) is 4. The monoisotopic (exact) mass is 626 g/mol. The lowest BCUT2D eigenvalue weighted by molar-refractivity contribution is -0.686. The van der Waals surface area contributed by atoms with Crippen LogP contribution >= 0.6 is 34.9 Å². The number of pyridine rings is 1. The van der Waals surface area contributed by atoms with Gasteiger partial charge >= 0.3 is 5.97 Å². The van der Waals surface area contributed by atoms with Crippen molar-refractivity contribution in [1.29, 1.82) is 5.41 Å². The number of Topliss-reactive ketones (excluding diaryl/α,β-unsaturated/α-hetero) is 1. The lowest BCUT2D eigenvalue weighted by Crippen LogP contribution is -2.71. The largest absolute Gasteiger partial charge is 0.477 e. The third-order valence-corrected chi connectivity index (χ3v) is 10.5. The Balaban J connectivity index is 1.23. The maximum absolute atomic E-state index is 13.0. The van der Waals surface area contributed by atoms with E-state index in [1.54, 1.807) is 23.4 Å². The minimum absolute atomic E-state index is 0.00888. The zero-order valence-electron chi connectivity index (χ0n) is 22.9. The number of nitrogens with one attached hydrogen (secondary N) is 2. The third-order valence-electron chi connectivity index (χ3n) is 6.94. The maximum Gasteiger partial charge on any atom is 0.352 e. The number of thiazole rings is 1. The Hall–Kier alpha value is -3.79. The molecule has 0 radical (unpaired) electrons. The molecule has 0 aliphatic carbocycles. The highest BCUT2D eigenvalue weighted by Gasteiger charge is 2.54. The number of nitrogens with zero attached hydrogens (tertiary/aromatic N) is 4. The van der Waals surface area contributed by atoms with Crippen molar-refractivity contribution < 1.29 is 28.9 Å². The fourth-order valence-corrected chi connectivity index (χ4v) is 7.80. The molecule has 5 N–H and O–H groups in total. The number of rotatable bonds is 9. The molecule has 42 heavy (non-hydrogen) atoms. The summed E-state index contributed by atoms with van der Waals surface area (Å²) in [6.07, 6.45) is 7.27. The average Bonchev–Trinajstić information content (AvgIpc) is 3.52. The van der Waals surface area contributed by atoms with Crippen LogP contribution in [0, 0.1) is 12.3 Å². The van der Waals surface area contributed by atoms with Crippen LogP contribution in [0.2, 0.25) is 0 Å². The zero-order chi connectivity index (χ0) is 30.3. The van der Waals surface area contributed by atoms with E-state index in [-0.39, 0.29) is 17.2 Å². The summed E-state index contributed by atoms with van der Waals surface area (Å²) in [6.45, 7) is 3.80. The lowest BCUT2D eigenvalue weighted by Gasteiger charge is -2.49. The van der Waals surface area contributed by atoms with Crippen molar-refractivity contribution in [3.05, 3.63) is 69.6 Å². The van der Waals surface area contributed by atoms with Crippen molar-refractivity contribution in [3.8, 4) is 10.6 Å². The topological polar surface area (TPSA) is 174 Å². The predicted molar refractivity (Wildman–Crippen MR) is 160 cm³/mol. The molecule has 0 aromatic carbocycles. The molecule has 1 unspecified atom stereocenters. The first kappa shape index (κ1) is 29.7. The maximum atomic E-state index is 13.0. The quantitative estimate of drug-likeness (QED) is 0.139. The summed E-state index contributed by atoms with van der Waals surface area (Å²) in [5, 5.41) is 22.6. The highest BCUT2D eigenvalue weighted by atomic mass is 32.2. The molecule has 15 heteroatoms. The summed E-state index contributed by atoms with van der Waals surface area (Å²) >= 11 is 3.99. The molecular weight excluding hydrogens is 599 g/mol. The Morgan fingerprint density at radius 3 is 2.62 bits per heavy atom. The molecule has 0 spiro atoms. The smallest absolute Gasteiger partial charge is 0.352 e. The van der Waals surface area contributed by atoms with E-state index in [9.17, 15) is 24.3 Å². The van der Waals surface area contributed by atoms with Gasteiger partial charge in [-0.3, -0.25) is 24.7 Å². The molecule has 1 saturated heterocycles. The van der Waals surface area contributed by atoms with Gasteiger partial charge in [-0.2, -0.15) is 0 Å². The van der Waals surface area contributed by atoms with Crippen molar-refractivity contribution in [2.75, 3.05) is 12.8 Å². The normalized spacial score (nSPS) is 21.8. The molecule has 0 bridgehead atoms. The molecule has 218 valence electrons. The first-order chi connectivity index (χ1) is 20.0. The second kappa shape index (κ2) is 11.8. The summed E-state index contributed by atoms with van der Waals surface area (Å²) in [4.78, 5) is 57.6. The first-order valence-electron chi connectivity index (χ1n) is 12.8. The number of aromatic nitrogens is 2. The van der Waals surface area contributed by atoms with Crippen LogP contribution in [-0.4, -0.2) is 78.9 Å². The van der Waals surface area contributed by atoms with Crippen LogP contribution < -0.4 is 15.6 Å². The van der Waals surface area contributed by atoms with E-state index in [4.69, 9.17) is 11.1 Å². The van der Waals surface area contributed by atoms with E-state index in [2.05, 4.69) is 10.3 Å². The fourth-order valence-electron chi connectivity index (χ4n) is 4.67. The van der Waals surface area contributed by atoms with E-state index in [0.29, 0.717) is 34.1 Å². The molecule has 1 fully saturated rings. The van der Waals surface area contributed by atoms with Crippen LogP contribution in [0.25, 0.3) is 10.6 Å². The number of aryl methyl sites for hydroxylation is 1. The zero-order valence-corrected chi connectivity index (χ0v) is 25.3. The van der Waals surface area contributed by atoms with Crippen LogP contribution in [-0.2, 0) is 20.9 Å². The number of carbonyl (C=O) groups excluding carboxylic acids is 3. The van der Waals surface area contributed by atoms with Gasteiger partial charge in [-0.1, -0.05) is 17.8 Å². The van der Waals surface area contributed by atoms with Gasteiger partial charge in [0, 0.05) is 42.8 Å². The van der Waals surface area contributed by atoms with Crippen LogP contribution in [0.3, 0.4) is 0 Å². The number of amides is 2. The number of thioether (sulfide) groups is 2. The molecule has 2 aromatic rings. The van der Waals surface area contributed by atoms with Crippen molar-refractivity contribution in [3.63, 3.8) is 0 Å². The molecule has 3 aliphatic rings. The summed E-state index contributed by atoms with van der Waals surface area (Å²) in [6, 6.07) is 2.87. The molecule has 5 rings (SSSR count). The third kappa shape index (κ3) is 5.52. The van der Waals surface area contributed by atoms with Gasteiger partial charge in [-0.25, -0.2) is 14.3 Å². The minimum Gasteiger partial charge on any atom is -0.477 e. The van der Waals surface area contributed by atoms with Gasteiger partial charge < -0.3 is 21.1 Å². The lowest BCUT2D eigenvalue weighted by atomic mass is 10.0. The number of allylic oxidation sites excluding steroid dienone is 2. The second-order valence-corrected chi connectivity index (χ2v) is 12.8. The summed E-state index contributed by atoms with van der Waals surface area (Å²) in [5.74, 6) is -2.16. The molecule has 5 heterocycles. The van der Waals surface area contributed by atoms with Gasteiger partial charge in [0.1, 0.15) is 33.3 Å². The average molecular weight is 627 g/mol. The SMILES string of the molecule is CC(=O)c1sc(-c2cc[n+](C/C=C/C3=C(C(=O)O)N4C(=O)[C@@H](NC(=O)C(=N)C5=CSC(N)N5C)[C@H]4SC3)cc2)nc1C. The highest BCUT2D eigenvalue weighted by molar-refractivity contribution is 8.02. The van der Waals surface area contributed by atoms with E-state index in [0.717, 1.165) is 10.6 Å². The molecule has 3 aliphatic heterocycles. The number of ketones is 1. The van der Waals surface area contributed by atoms with Crippen molar-refractivity contribution in [2.45, 2.75) is 37.3 Å². The molecule has 2 aromatic heterocycles. The Labute approximate surface area is 253 Å². The Bertz CT molecular complexity index is 1600. The van der Waals surface area contributed by atoms with E-state index in [1.807, 2.05) is 42.1 Å². The number of fused-ring (bicyclic) bond motifs is 1. The summed E-state index contributed by atoms with van der Waals surface area (Å²) in [5.41, 5.74) is 7.52. The first-order valence-corrected chi connectivity index (χ1v) is 15.6. The van der Waals surface area contributed by atoms with Gasteiger partial charge in [-0.05, 0) is 18.6 Å². The number of aliphatic carboxylic acids is 1. The molecular formula is C27H28N7O5S3+. The summed E-state index contributed by atoms with van der Waals surface area (Å²) in [7, 11) is 1.67. The predicted octanol–water partition coefficient (Wildman–Crippen LogP) is 1.69. The van der Waals surface area contributed by atoms with Gasteiger partial charge in [0.2, 0.25) is 0 Å². The number of nitrogens with two attached hydrogens (primary N) is 1. The molecule has 3 atom stereocenters. The number of carboxylic acids is 1. The van der Waals surface area contributed by atoms with Crippen molar-refractivity contribution in [2.24, 2.45) is 5.73 Å². The van der Waals surface area contributed by atoms with Crippen LogP contribution in [0.4, 0.5) is 0 Å². The van der Waals surface area contributed by atoms with Gasteiger partial charge in [0.25, 0.3) is 11.8 Å². The van der Waals surface area contributed by atoms with Gasteiger partial charge in [0.05, 0.1) is 16.3 Å². The number of β-lactam (4-membered cyclic amide) rings is 1. The Morgan fingerprint density at radius 2 is 2.02 bits per heavy atom. The number of carbonyl (C=O) groups is 4. The molecule has 2 amide bonds. The van der Waals surface area contributed by atoms with Crippen molar-refractivity contribution >= 4 is 64.1 Å². The number of hydrogen-bond acceptors (Lipinski definition) is 11. The Kier molecular flexibility index (Phi) is 8.37. The number of carboxylic acid groups (broad SMARTS) is 1. The van der Waals surface area contributed by atoms with Gasteiger partial charge in [0.15, 0.2) is 24.7 Å². The molecule has 12 nitrogen and oxygen atoms in total. The summed E-state index contributed by atoms with van der Waals surface area (Å²) < 4.78 is 1.91. The Morgan fingerprint density at radius 1 is 1.31 bits per heavy atom.